The Labute approximate surface area is 196 Å². The predicted molar refractivity (Wildman–Crippen MR) is 126 cm³/mol. The van der Waals surface area contributed by atoms with Gasteiger partial charge in [0.15, 0.2) is 0 Å². The van der Waals surface area contributed by atoms with E-state index in [2.05, 4.69) is 19.9 Å². The molecule has 5 rings (SSSR count). The molecule has 7 nitrogen and oxygen atoms in total. The van der Waals surface area contributed by atoms with Gasteiger partial charge in [-0.25, -0.2) is 14.4 Å². The number of aryl methyl sites for hydroxylation is 1. The second-order valence-electron chi connectivity index (χ2n) is 9.19. The van der Waals surface area contributed by atoms with Crippen LogP contribution in [0.25, 0.3) is 33.5 Å². The minimum atomic E-state index is -0.751. The van der Waals surface area contributed by atoms with Crippen LogP contribution in [0.2, 0.25) is 0 Å². The van der Waals surface area contributed by atoms with Gasteiger partial charge in [0.25, 0.3) is 0 Å². The zero-order valence-corrected chi connectivity index (χ0v) is 19.0. The first kappa shape index (κ1) is 22.0. The second-order valence-corrected chi connectivity index (χ2v) is 9.19. The average Bonchev–Trinajstić information content (AvgIpc) is 3.24. The number of nitrogens with zero attached hydrogens (tertiary/aromatic N) is 3. The fraction of sp³-hybridized carbons (Fsp3) is 0.308. The largest absolute Gasteiger partial charge is 0.481 e. The first-order valence-corrected chi connectivity index (χ1v) is 11.3. The van der Waals surface area contributed by atoms with Crippen molar-refractivity contribution < 1.29 is 19.0 Å². The monoisotopic (exact) mass is 460 g/mol. The molecule has 0 atom stereocenters. The summed E-state index contributed by atoms with van der Waals surface area (Å²) in [4.78, 5) is 27.6. The molecular formula is C26H25FN4O3. The van der Waals surface area contributed by atoms with E-state index in [1.165, 1.54) is 6.07 Å². The van der Waals surface area contributed by atoms with E-state index < -0.39 is 11.4 Å². The molecule has 4 aromatic rings. The normalized spacial score (nSPS) is 20.4. The summed E-state index contributed by atoms with van der Waals surface area (Å²) in [5, 5.41) is 9.37. The summed E-state index contributed by atoms with van der Waals surface area (Å²) in [6.45, 7) is 3.67. The molecule has 0 aliphatic heterocycles. The summed E-state index contributed by atoms with van der Waals surface area (Å²) in [6, 6.07) is 10.5. The van der Waals surface area contributed by atoms with Crippen molar-refractivity contribution in [2.45, 2.75) is 45.6 Å². The number of aromatic nitrogens is 4. The van der Waals surface area contributed by atoms with Gasteiger partial charge in [0.2, 0.25) is 5.88 Å². The van der Waals surface area contributed by atoms with Gasteiger partial charge in [-0.05, 0) is 69.4 Å². The van der Waals surface area contributed by atoms with E-state index in [0.717, 1.165) is 22.3 Å². The molecule has 1 saturated carbocycles. The molecule has 174 valence electrons. The van der Waals surface area contributed by atoms with E-state index in [1.54, 1.807) is 31.5 Å². The highest BCUT2D eigenvalue weighted by Gasteiger charge is 2.38. The van der Waals surface area contributed by atoms with Gasteiger partial charge in [-0.15, -0.1) is 0 Å². The predicted octanol–water partition coefficient (Wildman–Crippen LogP) is 5.55. The highest BCUT2D eigenvalue weighted by Crippen LogP contribution is 2.37. The number of H-pyrrole nitrogens is 1. The number of hydrogen-bond acceptors (Lipinski definition) is 5. The molecule has 1 aliphatic carbocycles. The first-order valence-electron chi connectivity index (χ1n) is 11.3. The van der Waals surface area contributed by atoms with Crippen LogP contribution in [0.4, 0.5) is 4.39 Å². The number of carbonyl (C=O) groups is 1. The van der Waals surface area contributed by atoms with Crippen molar-refractivity contribution in [3.8, 4) is 28.4 Å². The number of imidazole rings is 1. The van der Waals surface area contributed by atoms with Crippen molar-refractivity contribution in [2.75, 3.05) is 0 Å². The Balaban J connectivity index is 1.29. The van der Waals surface area contributed by atoms with Crippen molar-refractivity contribution in [3.63, 3.8) is 0 Å². The summed E-state index contributed by atoms with van der Waals surface area (Å²) < 4.78 is 20.9. The molecule has 34 heavy (non-hydrogen) atoms. The molecule has 2 N–H and O–H groups in total. The number of aromatic amines is 1. The molecule has 3 aromatic heterocycles. The Hall–Kier alpha value is -3.81. The summed E-state index contributed by atoms with van der Waals surface area (Å²) in [5.41, 5.74) is 3.53. The molecule has 0 radical (unpaired) electrons. The standard InChI is InChI=1S/C26H25FN4O3/c1-15-11-21-22(14-28-15)31-24(30-21)19-5-3-16(12-20(19)27)17-4-6-23(29-13-17)34-18-7-9-26(2,10-8-18)25(32)33/h3-6,11-14,18H,7-10H2,1-2H3,(H,30,31)(H,32,33)/t18-,26-. The van der Waals surface area contributed by atoms with Gasteiger partial charge in [0.1, 0.15) is 17.7 Å². The number of benzene rings is 1. The lowest BCUT2D eigenvalue weighted by Gasteiger charge is -2.33. The van der Waals surface area contributed by atoms with Crippen molar-refractivity contribution in [1.82, 2.24) is 19.9 Å². The average molecular weight is 461 g/mol. The van der Waals surface area contributed by atoms with Crippen LogP contribution in [-0.4, -0.2) is 37.1 Å². The lowest BCUT2D eigenvalue weighted by molar-refractivity contribution is -0.150. The molecule has 1 aromatic carbocycles. The van der Waals surface area contributed by atoms with Crippen LogP contribution < -0.4 is 4.74 Å². The summed E-state index contributed by atoms with van der Waals surface area (Å²) in [5.74, 6) is -0.194. The molecule has 0 saturated heterocycles. The number of fused-ring (bicyclic) bond motifs is 1. The fourth-order valence-electron chi connectivity index (χ4n) is 4.38. The number of rotatable bonds is 5. The fourth-order valence-corrected chi connectivity index (χ4v) is 4.38. The molecule has 3 heterocycles. The molecule has 0 amide bonds. The van der Waals surface area contributed by atoms with Crippen molar-refractivity contribution >= 4 is 17.0 Å². The lowest BCUT2D eigenvalue weighted by Crippen LogP contribution is -2.36. The lowest BCUT2D eigenvalue weighted by atomic mass is 9.75. The third kappa shape index (κ3) is 4.23. The van der Waals surface area contributed by atoms with E-state index in [1.807, 2.05) is 25.1 Å². The zero-order chi connectivity index (χ0) is 23.9. The Morgan fingerprint density at radius 1 is 1.12 bits per heavy atom. The van der Waals surface area contributed by atoms with E-state index in [0.29, 0.717) is 48.5 Å². The molecule has 8 heteroatoms. The SMILES string of the molecule is Cc1cc2nc(-c3ccc(-c4ccc(O[C@H]5CC[C@](C)(C(=O)O)CC5)nc4)cc3F)[nH]c2cn1. The minimum Gasteiger partial charge on any atom is -0.481 e. The molecule has 1 aliphatic rings. The van der Waals surface area contributed by atoms with Crippen LogP contribution in [0, 0.1) is 18.2 Å². The maximum atomic E-state index is 15.0. The number of aliphatic carboxylic acids is 1. The van der Waals surface area contributed by atoms with Gasteiger partial charge >= 0.3 is 5.97 Å². The first-order chi connectivity index (χ1) is 16.3. The number of carboxylic acids is 1. The molecule has 0 unspecified atom stereocenters. The van der Waals surface area contributed by atoms with Crippen LogP contribution in [-0.2, 0) is 4.79 Å². The van der Waals surface area contributed by atoms with Gasteiger partial charge in [0, 0.05) is 23.5 Å². The number of carboxylic acid groups (broad SMARTS) is 1. The summed E-state index contributed by atoms with van der Waals surface area (Å²) in [6.07, 6.45) is 5.82. The van der Waals surface area contributed by atoms with Crippen molar-refractivity contribution in [2.24, 2.45) is 5.41 Å². The number of nitrogens with one attached hydrogen (secondary N) is 1. The highest BCUT2D eigenvalue weighted by atomic mass is 19.1. The number of hydrogen-bond donors (Lipinski definition) is 2. The number of pyridine rings is 2. The van der Waals surface area contributed by atoms with Crippen LogP contribution in [0.3, 0.4) is 0 Å². The van der Waals surface area contributed by atoms with Crippen LogP contribution >= 0.6 is 0 Å². The van der Waals surface area contributed by atoms with Gasteiger partial charge < -0.3 is 14.8 Å². The summed E-state index contributed by atoms with van der Waals surface area (Å²) >= 11 is 0. The van der Waals surface area contributed by atoms with E-state index in [-0.39, 0.29) is 11.9 Å². The highest BCUT2D eigenvalue weighted by molar-refractivity contribution is 5.79. The zero-order valence-electron chi connectivity index (χ0n) is 19.0. The molecule has 0 bridgehead atoms. The van der Waals surface area contributed by atoms with Gasteiger partial charge in [-0.3, -0.25) is 9.78 Å². The van der Waals surface area contributed by atoms with Crippen LogP contribution in [0.1, 0.15) is 38.3 Å². The van der Waals surface area contributed by atoms with Crippen molar-refractivity contribution in [3.05, 3.63) is 60.3 Å². The Morgan fingerprint density at radius 3 is 2.56 bits per heavy atom. The van der Waals surface area contributed by atoms with Gasteiger partial charge in [-0.1, -0.05) is 6.07 Å². The quantitative estimate of drug-likeness (QED) is 0.405. The maximum Gasteiger partial charge on any atom is 0.309 e. The van der Waals surface area contributed by atoms with E-state index >= 15 is 0 Å². The minimum absolute atomic E-state index is 0.0506. The second kappa shape index (κ2) is 8.52. The van der Waals surface area contributed by atoms with Gasteiger partial charge in [-0.2, -0.15) is 0 Å². The van der Waals surface area contributed by atoms with E-state index in [4.69, 9.17) is 4.74 Å². The van der Waals surface area contributed by atoms with E-state index in [9.17, 15) is 14.3 Å². The maximum absolute atomic E-state index is 15.0. The number of ether oxygens (including phenoxy) is 1. The topological polar surface area (TPSA) is 101 Å². The Morgan fingerprint density at radius 2 is 1.88 bits per heavy atom. The van der Waals surface area contributed by atoms with Crippen molar-refractivity contribution in [1.29, 1.82) is 0 Å². The summed E-state index contributed by atoms with van der Waals surface area (Å²) in [7, 11) is 0. The smallest absolute Gasteiger partial charge is 0.309 e. The molecular weight excluding hydrogens is 435 g/mol. The molecule has 1 fully saturated rings. The van der Waals surface area contributed by atoms with Gasteiger partial charge in [0.05, 0.1) is 28.2 Å². The van der Waals surface area contributed by atoms with Crippen LogP contribution in [0.15, 0.2) is 48.8 Å². The Kier molecular flexibility index (Phi) is 5.51. The van der Waals surface area contributed by atoms with Crippen LogP contribution in [0.5, 0.6) is 5.88 Å². The molecule has 0 spiro atoms. The third-order valence-corrected chi connectivity index (χ3v) is 6.64. The Bertz CT molecular complexity index is 1360. The third-order valence-electron chi connectivity index (χ3n) is 6.64. The number of halogens is 1.